The molecule has 3 aromatic rings. The van der Waals surface area contributed by atoms with E-state index in [0.29, 0.717) is 22.6 Å². The summed E-state index contributed by atoms with van der Waals surface area (Å²) in [5.74, 6) is -0.494. The first-order chi connectivity index (χ1) is 16.5. The van der Waals surface area contributed by atoms with Gasteiger partial charge >= 0.3 is 0 Å². The first-order valence-corrected chi connectivity index (χ1v) is 12.8. The second kappa shape index (κ2) is 9.55. The van der Waals surface area contributed by atoms with Crippen LogP contribution in [-0.4, -0.2) is 46.8 Å². The van der Waals surface area contributed by atoms with Gasteiger partial charge in [-0.25, -0.2) is 0 Å². The summed E-state index contributed by atoms with van der Waals surface area (Å²) in [5, 5.41) is 11.3. The molecule has 8 nitrogen and oxygen atoms in total. The van der Waals surface area contributed by atoms with Gasteiger partial charge in [0.2, 0.25) is 22.9 Å². The highest BCUT2D eigenvalue weighted by molar-refractivity contribution is 8.01. The van der Waals surface area contributed by atoms with Crippen molar-refractivity contribution in [3.05, 3.63) is 59.7 Å². The number of anilines is 3. The molecule has 2 aliphatic rings. The van der Waals surface area contributed by atoms with Crippen LogP contribution in [0, 0.1) is 12.8 Å². The number of fused-ring (bicyclic) bond motifs is 1. The molecule has 2 aromatic carbocycles. The zero-order chi connectivity index (χ0) is 23.7. The Hall–Kier alpha value is -3.24. The van der Waals surface area contributed by atoms with Crippen LogP contribution in [0.3, 0.4) is 0 Å². The van der Waals surface area contributed by atoms with Crippen molar-refractivity contribution in [3.63, 3.8) is 0 Å². The zero-order valence-electron chi connectivity index (χ0n) is 18.6. The number of benzene rings is 2. The van der Waals surface area contributed by atoms with Crippen molar-refractivity contribution in [2.24, 2.45) is 5.92 Å². The van der Waals surface area contributed by atoms with Crippen LogP contribution in [0.25, 0.3) is 0 Å². The number of nitrogens with one attached hydrogen (secondary N) is 1. The Morgan fingerprint density at radius 1 is 1.12 bits per heavy atom. The van der Waals surface area contributed by atoms with Crippen molar-refractivity contribution >= 4 is 57.3 Å². The van der Waals surface area contributed by atoms with E-state index in [4.69, 9.17) is 0 Å². The molecule has 1 aromatic heterocycles. The fourth-order valence-corrected chi connectivity index (χ4v) is 5.94. The van der Waals surface area contributed by atoms with Crippen molar-refractivity contribution < 1.29 is 14.4 Å². The second-order valence-corrected chi connectivity index (χ2v) is 10.5. The smallest absolute Gasteiger partial charge is 0.237 e. The summed E-state index contributed by atoms with van der Waals surface area (Å²) < 4.78 is 0.611. The van der Waals surface area contributed by atoms with Gasteiger partial charge < -0.3 is 15.1 Å². The number of aromatic nitrogens is 2. The minimum atomic E-state index is -0.455. The molecule has 5 rings (SSSR count). The predicted molar refractivity (Wildman–Crippen MR) is 133 cm³/mol. The van der Waals surface area contributed by atoms with Crippen LogP contribution < -0.4 is 15.1 Å². The maximum atomic E-state index is 12.8. The van der Waals surface area contributed by atoms with Crippen LogP contribution in [0.15, 0.2) is 52.9 Å². The summed E-state index contributed by atoms with van der Waals surface area (Å²) in [6, 6.07) is 15.6. The Balaban J connectivity index is 1.15. The number of rotatable bonds is 6. The zero-order valence-corrected chi connectivity index (χ0v) is 20.2. The largest absolute Gasteiger partial charge is 0.311 e. The number of hydrogen-bond acceptors (Lipinski definition) is 7. The predicted octanol–water partition coefficient (Wildman–Crippen LogP) is 3.52. The van der Waals surface area contributed by atoms with Gasteiger partial charge in [-0.1, -0.05) is 59.5 Å². The van der Waals surface area contributed by atoms with Gasteiger partial charge in [-0.3, -0.25) is 14.4 Å². The van der Waals surface area contributed by atoms with E-state index in [1.54, 1.807) is 4.90 Å². The lowest BCUT2D eigenvalue weighted by Gasteiger charge is -2.18. The molecule has 1 fully saturated rings. The summed E-state index contributed by atoms with van der Waals surface area (Å²) in [5.41, 5.74) is 4.00. The molecule has 0 saturated carbocycles. The van der Waals surface area contributed by atoms with Crippen LogP contribution in [0.5, 0.6) is 0 Å². The maximum Gasteiger partial charge on any atom is 0.237 e. The van der Waals surface area contributed by atoms with Crippen LogP contribution in [-0.2, 0) is 20.8 Å². The highest BCUT2D eigenvalue weighted by Crippen LogP contribution is 2.32. The number of aryl methyl sites for hydroxylation is 1. The Morgan fingerprint density at radius 3 is 2.71 bits per heavy atom. The van der Waals surface area contributed by atoms with Gasteiger partial charge in [0.05, 0.1) is 11.7 Å². The van der Waals surface area contributed by atoms with E-state index in [1.165, 1.54) is 28.7 Å². The third-order valence-corrected chi connectivity index (χ3v) is 8.00. The number of nitrogens with zero attached hydrogens (tertiary/aromatic N) is 4. The number of carbonyl (C=O) groups is 3. The first-order valence-electron chi connectivity index (χ1n) is 11.0. The van der Waals surface area contributed by atoms with Gasteiger partial charge in [-0.15, -0.1) is 10.2 Å². The molecule has 0 aliphatic carbocycles. The fourth-order valence-electron chi connectivity index (χ4n) is 4.31. The van der Waals surface area contributed by atoms with Crippen LogP contribution in [0.2, 0.25) is 0 Å². The monoisotopic (exact) mass is 493 g/mol. The van der Waals surface area contributed by atoms with Crippen LogP contribution in [0.1, 0.15) is 17.5 Å². The average Bonchev–Trinajstić information content (AvgIpc) is 3.56. The molecule has 1 atom stereocenters. The van der Waals surface area contributed by atoms with E-state index in [2.05, 4.69) is 15.5 Å². The van der Waals surface area contributed by atoms with Crippen molar-refractivity contribution in [1.29, 1.82) is 0 Å². The van der Waals surface area contributed by atoms with Gasteiger partial charge in [0.25, 0.3) is 0 Å². The first kappa shape index (κ1) is 22.5. The van der Waals surface area contributed by atoms with Gasteiger partial charge in [-0.05, 0) is 36.6 Å². The molecule has 1 N–H and O–H groups in total. The van der Waals surface area contributed by atoms with E-state index in [1.807, 2.05) is 60.4 Å². The van der Waals surface area contributed by atoms with Crippen molar-refractivity contribution in [3.8, 4) is 0 Å². The minimum Gasteiger partial charge on any atom is -0.311 e. The van der Waals surface area contributed by atoms with Gasteiger partial charge in [0.15, 0.2) is 4.34 Å². The molecular formula is C24H23N5O3S2. The summed E-state index contributed by atoms with van der Waals surface area (Å²) in [6.45, 7) is 2.97. The van der Waals surface area contributed by atoms with Crippen LogP contribution >= 0.6 is 23.1 Å². The summed E-state index contributed by atoms with van der Waals surface area (Å²) in [6.07, 6.45) is 1.03. The van der Waals surface area contributed by atoms with E-state index >= 15 is 0 Å². The highest BCUT2D eigenvalue weighted by atomic mass is 32.2. The maximum absolute atomic E-state index is 12.8. The minimum absolute atomic E-state index is 0.0245. The Bertz CT molecular complexity index is 1260. The molecule has 2 aliphatic heterocycles. The average molecular weight is 494 g/mol. The standard InChI is InChI=1S/C24H23N5O3S2/c1-15-6-2-4-8-18(15)29-13-17(12-20(29)30)22(32)25-23-26-27-24(34-23)33-14-21(31)28-11-10-16-7-3-5-9-19(16)28/h2-9,17H,10-14H2,1H3,(H,25,26,32). The summed E-state index contributed by atoms with van der Waals surface area (Å²) in [4.78, 5) is 41.5. The Labute approximate surface area is 205 Å². The molecule has 174 valence electrons. The van der Waals surface area contributed by atoms with Crippen molar-refractivity contribution in [2.75, 3.05) is 34.0 Å². The quantitative estimate of drug-likeness (QED) is 0.417. The molecule has 34 heavy (non-hydrogen) atoms. The van der Waals surface area contributed by atoms with Crippen molar-refractivity contribution in [1.82, 2.24) is 10.2 Å². The molecule has 1 unspecified atom stereocenters. The number of amides is 3. The van der Waals surface area contributed by atoms with Gasteiger partial charge in [0.1, 0.15) is 0 Å². The molecule has 3 heterocycles. The topological polar surface area (TPSA) is 95.5 Å². The summed E-state index contributed by atoms with van der Waals surface area (Å²) >= 11 is 2.54. The highest BCUT2D eigenvalue weighted by Gasteiger charge is 2.36. The van der Waals surface area contributed by atoms with E-state index < -0.39 is 5.92 Å². The number of carbonyl (C=O) groups excluding carboxylic acids is 3. The third-order valence-electron chi connectivity index (χ3n) is 6.05. The SMILES string of the molecule is Cc1ccccc1N1CC(C(=O)Nc2nnc(SCC(=O)N3CCc4ccccc43)s2)CC1=O. The number of para-hydroxylation sites is 2. The number of thioether (sulfide) groups is 1. The van der Waals surface area contributed by atoms with Crippen LogP contribution in [0.4, 0.5) is 16.5 Å². The summed E-state index contributed by atoms with van der Waals surface area (Å²) in [7, 11) is 0. The fraction of sp³-hybridized carbons (Fsp3) is 0.292. The molecule has 0 bridgehead atoms. The van der Waals surface area contributed by atoms with Crippen molar-refractivity contribution in [2.45, 2.75) is 24.1 Å². The number of hydrogen-bond donors (Lipinski definition) is 1. The Kier molecular flexibility index (Phi) is 6.34. The van der Waals surface area contributed by atoms with E-state index in [0.717, 1.165) is 23.4 Å². The Morgan fingerprint density at radius 2 is 1.88 bits per heavy atom. The molecular weight excluding hydrogens is 470 g/mol. The van der Waals surface area contributed by atoms with Gasteiger partial charge in [-0.2, -0.15) is 0 Å². The lowest BCUT2D eigenvalue weighted by molar-refractivity contribution is -0.122. The van der Waals surface area contributed by atoms with Gasteiger partial charge in [0, 0.05) is 30.9 Å². The molecule has 1 saturated heterocycles. The molecule has 0 radical (unpaired) electrons. The third kappa shape index (κ3) is 4.55. The van der Waals surface area contributed by atoms with E-state index in [9.17, 15) is 14.4 Å². The molecule has 10 heteroatoms. The lowest BCUT2D eigenvalue weighted by Crippen LogP contribution is -2.30. The lowest BCUT2D eigenvalue weighted by atomic mass is 10.1. The van der Waals surface area contributed by atoms with E-state index in [-0.39, 0.29) is 29.9 Å². The second-order valence-electron chi connectivity index (χ2n) is 8.27. The molecule has 0 spiro atoms. The normalized spacial score (nSPS) is 17.2. The molecule has 3 amide bonds.